The van der Waals surface area contributed by atoms with Crippen molar-refractivity contribution in [1.29, 1.82) is 0 Å². The van der Waals surface area contributed by atoms with Crippen molar-refractivity contribution in [1.82, 2.24) is 10.6 Å². The summed E-state index contributed by atoms with van der Waals surface area (Å²) in [6.45, 7) is 4.23. The minimum Gasteiger partial charge on any atom is -0.396 e. The molecule has 1 atom stereocenters. The van der Waals surface area contributed by atoms with Crippen LogP contribution in [-0.4, -0.2) is 30.8 Å². The molecule has 0 aliphatic rings. The van der Waals surface area contributed by atoms with Gasteiger partial charge in [-0.3, -0.25) is 0 Å². The first-order valence-electron chi connectivity index (χ1n) is 7.63. The molecule has 1 aromatic heterocycles. The zero-order chi connectivity index (χ0) is 16.5. The number of aliphatic hydroxyl groups excluding tert-OH is 1. The topological polar surface area (TPSA) is 56.7 Å². The van der Waals surface area contributed by atoms with E-state index in [4.69, 9.17) is 0 Å². The van der Waals surface area contributed by atoms with Gasteiger partial charge in [0.25, 0.3) is 0 Å². The largest absolute Gasteiger partial charge is 0.396 e. The summed E-state index contributed by atoms with van der Waals surface area (Å²) in [7, 11) is 0. The van der Waals surface area contributed by atoms with E-state index in [1.165, 1.54) is 4.88 Å². The Balaban J connectivity index is 1.95. The molecule has 1 aromatic carbocycles. The van der Waals surface area contributed by atoms with Crippen LogP contribution in [0.1, 0.15) is 23.3 Å². The van der Waals surface area contributed by atoms with Crippen LogP contribution in [0.5, 0.6) is 0 Å². The van der Waals surface area contributed by atoms with E-state index in [2.05, 4.69) is 43.0 Å². The quantitative estimate of drug-likeness (QED) is 0.497. The molecule has 0 aliphatic heterocycles. The zero-order valence-electron chi connectivity index (χ0n) is 13.1. The molecule has 0 saturated carbocycles. The lowest BCUT2D eigenvalue weighted by atomic mass is 10.0. The lowest BCUT2D eigenvalue weighted by Gasteiger charge is -2.18. The number of hydrogen-bond donors (Lipinski definition) is 3. The predicted octanol–water partition coefficient (Wildman–Crippen LogP) is 3.34. The first-order chi connectivity index (χ1) is 11.2. The van der Waals surface area contributed by atoms with Gasteiger partial charge in [0.1, 0.15) is 0 Å². The number of benzene rings is 1. The predicted molar refractivity (Wildman–Crippen MR) is 101 cm³/mol. The molecule has 4 nitrogen and oxygen atoms in total. The van der Waals surface area contributed by atoms with Gasteiger partial charge >= 0.3 is 0 Å². The van der Waals surface area contributed by atoms with Crippen LogP contribution in [0, 0.1) is 0 Å². The minimum absolute atomic E-state index is 0.0518. The highest BCUT2D eigenvalue weighted by Gasteiger charge is 2.10. The van der Waals surface area contributed by atoms with Crippen LogP contribution < -0.4 is 10.6 Å². The Morgan fingerprint density at radius 3 is 2.70 bits per heavy atom. The van der Waals surface area contributed by atoms with Crippen molar-refractivity contribution >= 4 is 33.2 Å². The van der Waals surface area contributed by atoms with E-state index in [0.29, 0.717) is 13.1 Å². The molecule has 0 radical (unpaired) electrons. The normalized spacial score (nSPS) is 12.9. The number of aliphatic hydroxyl groups is 1. The molecule has 124 valence electrons. The molecule has 2 rings (SSSR count). The molecular weight excluding hydrogens is 374 g/mol. The Bertz CT molecular complexity index is 615. The van der Waals surface area contributed by atoms with Gasteiger partial charge < -0.3 is 15.7 Å². The van der Waals surface area contributed by atoms with Gasteiger partial charge in [0.15, 0.2) is 5.96 Å². The molecule has 0 bridgehead atoms. The van der Waals surface area contributed by atoms with E-state index < -0.39 is 0 Å². The lowest BCUT2D eigenvalue weighted by molar-refractivity contribution is 0.265. The fourth-order valence-electron chi connectivity index (χ4n) is 2.17. The number of rotatable bonds is 7. The number of thiophene rings is 1. The molecule has 23 heavy (non-hydrogen) atoms. The zero-order valence-corrected chi connectivity index (χ0v) is 15.5. The number of hydrogen-bond acceptors (Lipinski definition) is 3. The SMILES string of the molecule is CCNC(=NCc1cc(Br)cs1)NCC(CO)c1ccccc1. The average molecular weight is 396 g/mol. The third kappa shape index (κ3) is 5.97. The maximum Gasteiger partial charge on any atom is 0.191 e. The van der Waals surface area contributed by atoms with Crippen molar-refractivity contribution in [2.24, 2.45) is 4.99 Å². The highest BCUT2D eigenvalue weighted by molar-refractivity contribution is 9.10. The molecule has 6 heteroatoms. The average Bonchev–Trinajstić information content (AvgIpc) is 2.99. The summed E-state index contributed by atoms with van der Waals surface area (Å²) in [6.07, 6.45) is 0. The smallest absolute Gasteiger partial charge is 0.191 e. The summed E-state index contributed by atoms with van der Waals surface area (Å²) in [4.78, 5) is 5.80. The standard InChI is InChI=1S/C17H22BrN3OS/c1-2-19-17(21-10-16-8-15(18)12-23-16)20-9-14(11-22)13-6-4-3-5-7-13/h3-8,12,14,22H,2,9-11H2,1H3,(H2,19,20,21). The lowest BCUT2D eigenvalue weighted by Crippen LogP contribution is -2.39. The highest BCUT2D eigenvalue weighted by atomic mass is 79.9. The molecule has 0 amide bonds. The van der Waals surface area contributed by atoms with Crippen molar-refractivity contribution < 1.29 is 5.11 Å². The van der Waals surface area contributed by atoms with Gasteiger partial charge in [0, 0.05) is 33.7 Å². The summed E-state index contributed by atoms with van der Waals surface area (Å²) in [5, 5.41) is 18.2. The Kier molecular flexibility index (Phi) is 7.58. The van der Waals surface area contributed by atoms with E-state index >= 15 is 0 Å². The van der Waals surface area contributed by atoms with Crippen LogP contribution in [0.25, 0.3) is 0 Å². The monoisotopic (exact) mass is 395 g/mol. The first-order valence-corrected chi connectivity index (χ1v) is 9.31. The summed E-state index contributed by atoms with van der Waals surface area (Å²) in [5.41, 5.74) is 1.13. The van der Waals surface area contributed by atoms with Crippen molar-refractivity contribution in [2.45, 2.75) is 19.4 Å². The fraction of sp³-hybridized carbons (Fsp3) is 0.353. The van der Waals surface area contributed by atoms with Crippen molar-refractivity contribution in [2.75, 3.05) is 19.7 Å². The Morgan fingerprint density at radius 1 is 1.30 bits per heavy atom. The second kappa shape index (κ2) is 9.70. The molecule has 3 N–H and O–H groups in total. The fourth-order valence-corrected chi connectivity index (χ4v) is 3.54. The van der Waals surface area contributed by atoms with Crippen molar-refractivity contribution in [3.8, 4) is 0 Å². The van der Waals surface area contributed by atoms with Gasteiger partial charge in [-0.25, -0.2) is 4.99 Å². The van der Waals surface area contributed by atoms with Gasteiger partial charge in [0.05, 0.1) is 13.2 Å². The molecule has 0 saturated heterocycles. The van der Waals surface area contributed by atoms with Gasteiger partial charge in [0.2, 0.25) is 0 Å². The molecule has 0 fully saturated rings. The van der Waals surface area contributed by atoms with E-state index in [-0.39, 0.29) is 12.5 Å². The molecular formula is C17H22BrN3OS. The van der Waals surface area contributed by atoms with Crippen LogP contribution in [0.15, 0.2) is 51.2 Å². The third-order valence-corrected chi connectivity index (χ3v) is 5.05. The molecule has 0 spiro atoms. The van der Waals surface area contributed by atoms with E-state index in [1.54, 1.807) is 11.3 Å². The van der Waals surface area contributed by atoms with Crippen molar-refractivity contribution in [3.05, 3.63) is 56.7 Å². The van der Waals surface area contributed by atoms with Crippen molar-refractivity contribution in [3.63, 3.8) is 0 Å². The highest BCUT2D eigenvalue weighted by Crippen LogP contribution is 2.20. The second-order valence-corrected chi connectivity index (χ2v) is 7.01. The van der Waals surface area contributed by atoms with Crippen LogP contribution in [0.3, 0.4) is 0 Å². The Labute approximate surface area is 149 Å². The summed E-state index contributed by atoms with van der Waals surface area (Å²) >= 11 is 5.14. The summed E-state index contributed by atoms with van der Waals surface area (Å²) in [6, 6.07) is 12.1. The number of halogens is 1. The molecule has 1 unspecified atom stereocenters. The third-order valence-electron chi connectivity index (χ3n) is 3.37. The van der Waals surface area contributed by atoms with Crippen LogP contribution >= 0.6 is 27.3 Å². The van der Waals surface area contributed by atoms with E-state index in [9.17, 15) is 5.11 Å². The number of guanidine groups is 1. The summed E-state index contributed by atoms with van der Waals surface area (Å²) in [5.74, 6) is 0.822. The van der Waals surface area contributed by atoms with Crippen LogP contribution in [0.4, 0.5) is 0 Å². The van der Waals surface area contributed by atoms with Crippen LogP contribution in [-0.2, 0) is 6.54 Å². The second-order valence-electron chi connectivity index (χ2n) is 5.10. The van der Waals surface area contributed by atoms with Gasteiger partial charge in [-0.2, -0.15) is 0 Å². The van der Waals surface area contributed by atoms with Gasteiger partial charge in [-0.15, -0.1) is 11.3 Å². The number of nitrogens with one attached hydrogen (secondary N) is 2. The number of nitrogens with zero attached hydrogens (tertiary/aromatic N) is 1. The molecule has 1 heterocycles. The maximum absolute atomic E-state index is 9.63. The summed E-state index contributed by atoms with van der Waals surface area (Å²) < 4.78 is 1.09. The number of aliphatic imine (C=N–C) groups is 1. The minimum atomic E-state index is 0.0518. The Hall–Kier alpha value is -1.37. The maximum atomic E-state index is 9.63. The van der Waals surface area contributed by atoms with Gasteiger partial charge in [-0.1, -0.05) is 30.3 Å². The molecule has 2 aromatic rings. The Morgan fingerprint density at radius 2 is 2.09 bits per heavy atom. The molecule has 0 aliphatic carbocycles. The first kappa shape index (κ1) is 18.0. The van der Waals surface area contributed by atoms with Crippen LogP contribution in [0.2, 0.25) is 0 Å². The van der Waals surface area contributed by atoms with E-state index in [1.807, 2.05) is 37.3 Å². The van der Waals surface area contributed by atoms with E-state index in [0.717, 1.165) is 22.5 Å². The van der Waals surface area contributed by atoms with Gasteiger partial charge in [-0.05, 0) is 34.5 Å².